The van der Waals surface area contributed by atoms with Crippen LogP contribution in [0.1, 0.15) is 10.5 Å². The van der Waals surface area contributed by atoms with Crippen molar-refractivity contribution in [3.8, 4) is 5.69 Å². The van der Waals surface area contributed by atoms with Crippen LogP contribution in [0.5, 0.6) is 0 Å². The molecule has 0 aliphatic rings. The number of fused-ring (bicyclic) bond motifs is 1. The van der Waals surface area contributed by atoms with E-state index in [0.29, 0.717) is 16.7 Å². The third-order valence-electron chi connectivity index (χ3n) is 2.81. The van der Waals surface area contributed by atoms with Crippen LogP contribution in [0.3, 0.4) is 0 Å². The van der Waals surface area contributed by atoms with Crippen molar-refractivity contribution in [3.63, 3.8) is 0 Å². The van der Waals surface area contributed by atoms with Crippen molar-refractivity contribution < 1.29 is 0 Å². The van der Waals surface area contributed by atoms with Crippen molar-refractivity contribution in [2.24, 2.45) is 0 Å². The van der Waals surface area contributed by atoms with E-state index >= 15 is 0 Å². The van der Waals surface area contributed by atoms with Crippen LogP contribution in [0.4, 0.5) is 0 Å². The molecule has 0 saturated carbocycles. The number of aromatic nitrogens is 3. The molecule has 6 heteroatoms. The summed E-state index contributed by atoms with van der Waals surface area (Å²) < 4.78 is 1.44. The van der Waals surface area contributed by atoms with E-state index in [-0.39, 0.29) is 5.56 Å². The molecule has 0 aliphatic carbocycles. The summed E-state index contributed by atoms with van der Waals surface area (Å²) in [7, 11) is 0. The Hall–Kier alpha value is -1.78. The standard InChI is InChI=1S/C13H9Cl2N3O/c14-11(15)10-7-6-9-12(16-10)17-18(13(9)19)8-4-2-1-3-5-8/h1-7,11H,(H,16,17). The van der Waals surface area contributed by atoms with Crippen molar-refractivity contribution in [2.45, 2.75) is 4.84 Å². The highest BCUT2D eigenvalue weighted by molar-refractivity contribution is 6.43. The lowest BCUT2D eigenvalue weighted by Crippen LogP contribution is -2.13. The van der Waals surface area contributed by atoms with Crippen LogP contribution in [-0.4, -0.2) is 14.8 Å². The van der Waals surface area contributed by atoms with Crippen LogP contribution in [-0.2, 0) is 0 Å². The number of H-pyrrole nitrogens is 1. The molecule has 0 aliphatic heterocycles. The number of benzene rings is 1. The number of rotatable bonds is 2. The van der Waals surface area contributed by atoms with Gasteiger partial charge in [0, 0.05) is 0 Å². The first kappa shape index (κ1) is 12.3. The van der Waals surface area contributed by atoms with Gasteiger partial charge in [-0.3, -0.25) is 9.89 Å². The van der Waals surface area contributed by atoms with Crippen molar-refractivity contribution in [1.82, 2.24) is 14.8 Å². The zero-order valence-electron chi connectivity index (χ0n) is 9.68. The fourth-order valence-electron chi connectivity index (χ4n) is 1.89. The minimum atomic E-state index is -0.715. The summed E-state index contributed by atoms with van der Waals surface area (Å²) >= 11 is 11.5. The number of aromatic amines is 1. The molecule has 4 nitrogen and oxygen atoms in total. The summed E-state index contributed by atoms with van der Waals surface area (Å²) in [5.41, 5.74) is 1.58. The molecule has 19 heavy (non-hydrogen) atoms. The largest absolute Gasteiger partial charge is 0.280 e. The van der Waals surface area contributed by atoms with Gasteiger partial charge in [-0.05, 0) is 24.3 Å². The Bertz CT molecular complexity index is 777. The Kier molecular flexibility index (Phi) is 3.05. The maximum Gasteiger partial charge on any atom is 0.280 e. The molecule has 0 fully saturated rings. The maximum atomic E-state index is 12.2. The lowest BCUT2D eigenvalue weighted by molar-refractivity contribution is 0.857. The molecule has 0 bridgehead atoms. The van der Waals surface area contributed by atoms with Crippen LogP contribution in [0.25, 0.3) is 16.7 Å². The molecule has 2 aromatic heterocycles. The number of alkyl halides is 2. The summed E-state index contributed by atoms with van der Waals surface area (Å²) in [6.45, 7) is 0. The number of pyridine rings is 1. The predicted molar refractivity (Wildman–Crippen MR) is 76.1 cm³/mol. The first-order chi connectivity index (χ1) is 9.16. The van der Waals surface area contributed by atoms with E-state index in [4.69, 9.17) is 23.2 Å². The van der Waals surface area contributed by atoms with Gasteiger partial charge in [-0.1, -0.05) is 41.4 Å². The topological polar surface area (TPSA) is 50.7 Å². The van der Waals surface area contributed by atoms with E-state index in [2.05, 4.69) is 10.1 Å². The van der Waals surface area contributed by atoms with E-state index in [1.807, 2.05) is 30.3 Å². The van der Waals surface area contributed by atoms with E-state index in [1.54, 1.807) is 12.1 Å². The lowest BCUT2D eigenvalue weighted by Gasteiger charge is -1.99. The number of nitrogens with one attached hydrogen (secondary N) is 1. The Morgan fingerprint density at radius 2 is 1.84 bits per heavy atom. The van der Waals surface area contributed by atoms with Crippen LogP contribution >= 0.6 is 23.2 Å². The highest BCUT2D eigenvalue weighted by Gasteiger charge is 2.12. The Balaban J connectivity index is 2.23. The van der Waals surface area contributed by atoms with Gasteiger partial charge >= 0.3 is 0 Å². The van der Waals surface area contributed by atoms with Crippen LogP contribution < -0.4 is 5.56 Å². The zero-order valence-corrected chi connectivity index (χ0v) is 11.2. The van der Waals surface area contributed by atoms with E-state index in [1.165, 1.54) is 4.68 Å². The number of para-hydroxylation sites is 1. The third kappa shape index (κ3) is 2.13. The molecular weight excluding hydrogens is 285 g/mol. The summed E-state index contributed by atoms with van der Waals surface area (Å²) in [6, 6.07) is 12.6. The number of hydrogen-bond donors (Lipinski definition) is 1. The normalized spacial score (nSPS) is 11.3. The number of nitrogens with zero attached hydrogens (tertiary/aromatic N) is 2. The van der Waals surface area contributed by atoms with Crippen molar-refractivity contribution >= 4 is 34.2 Å². The maximum absolute atomic E-state index is 12.2. The summed E-state index contributed by atoms with van der Waals surface area (Å²) in [6.07, 6.45) is 0. The highest BCUT2D eigenvalue weighted by Crippen LogP contribution is 2.23. The molecule has 0 saturated heterocycles. The van der Waals surface area contributed by atoms with Gasteiger partial charge in [0.1, 0.15) is 4.84 Å². The fraction of sp³-hybridized carbons (Fsp3) is 0.0769. The van der Waals surface area contributed by atoms with Gasteiger partial charge in [0.25, 0.3) is 5.56 Å². The van der Waals surface area contributed by atoms with Crippen molar-refractivity contribution in [2.75, 3.05) is 0 Å². The molecule has 1 N–H and O–H groups in total. The molecule has 0 amide bonds. The van der Waals surface area contributed by atoms with Gasteiger partial charge in [-0.25, -0.2) is 9.67 Å². The SMILES string of the molecule is O=c1c2ccc(C(Cl)Cl)nc2[nH]n1-c1ccccc1. The minimum Gasteiger partial charge on any atom is -0.274 e. The second kappa shape index (κ2) is 4.72. The van der Waals surface area contributed by atoms with Crippen LogP contribution in [0, 0.1) is 0 Å². The summed E-state index contributed by atoms with van der Waals surface area (Å²) in [4.78, 5) is 15.8. The van der Waals surface area contributed by atoms with Gasteiger partial charge < -0.3 is 0 Å². The van der Waals surface area contributed by atoms with Crippen LogP contribution in [0.2, 0.25) is 0 Å². The molecule has 3 aromatic rings. The molecule has 0 unspecified atom stereocenters. The highest BCUT2D eigenvalue weighted by atomic mass is 35.5. The average molecular weight is 294 g/mol. The van der Waals surface area contributed by atoms with E-state index in [0.717, 1.165) is 5.69 Å². The number of halogens is 2. The fourth-order valence-corrected chi connectivity index (χ4v) is 2.13. The first-order valence-corrected chi connectivity index (χ1v) is 6.49. The Morgan fingerprint density at radius 1 is 1.11 bits per heavy atom. The van der Waals surface area contributed by atoms with Crippen molar-refractivity contribution in [1.29, 1.82) is 0 Å². The average Bonchev–Trinajstić information content (AvgIpc) is 2.76. The number of hydrogen-bond acceptors (Lipinski definition) is 2. The van der Waals surface area contributed by atoms with Crippen molar-refractivity contribution in [3.05, 3.63) is 58.5 Å². The van der Waals surface area contributed by atoms with Gasteiger partial charge in [-0.15, -0.1) is 0 Å². The van der Waals surface area contributed by atoms with Crippen LogP contribution in [0.15, 0.2) is 47.3 Å². The molecule has 2 heterocycles. The summed E-state index contributed by atoms with van der Waals surface area (Å²) in [5, 5.41) is 3.45. The minimum absolute atomic E-state index is 0.152. The predicted octanol–water partition coefficient (Wildman–Crippen LogP) is 3.19. The second-order valence-electron chi connectivity index (χ2n) is 4.02. The van der Waals surface area contributed by atoms with Gasteiger partial charge in [0.15, 0.2) is 5.65 Å². The quantitative estimate of drug-likeness (QED) is 0.738. The summed E-state index contributed by atoms with van der Waals surface area (Å²) in [5.74, 6) is 0. The van der Waals surface area contributed by atoms with Gasteiger partial charge in [0.2, 0.25) is 0 Å². The lowest BCUT2D eigenvalue weighted by atomic mass is 10.3. The molecule has 0 atom stereocenters. The monoisotopic (exact) mass is 293 g/mol. The van der Waals surface area contributed by atoms with Gasteiger partial charge in [-0.2, -0.15) is 0 Å². The molecule has 0 radical (unpaired) electrons. The molecule has 0 spiro atoms. The molecule has 3 rings (SSSR count). The zero-order chi connectivity index (χ0) is 13.4. The van der Waals surface area contributed by atoms with Gasteiger partial charge in [0.05, 0.1) is 16.8 Å². The molecule has 96 valence electrons. The molecule has 1 aromatic carbocycles. The van der Waals surface area contributed by atoms with E-state index < -0.39 is 4.84 Å². The first-order valence-electron chi connectivity index (χ1n) is 5.62. The Labute approximate surface area is 118 Å². The Morgan fingerprint density at radius 3 is 2.53 bits per heavy atom. The second-order valence-corrected chi connectivity index (χ2v) is 5.12. The smallest absolute Gasteiger partial charge is 0.274 e. The molecular formula is C13H9Cl2N3O. The van der Waals surface area contributed by atoms with E-state index in [9.17, 15) is 4.79 Å². The third-order valence-corrected chi connectivity index (χ3v) is 3.25.